The summed E-state index contributed by atoms with van der Waals surface area (Å²) in [7, 11) is 0. The average molecular weight is 817 g/mol. The van der Waals surface area contributed by atoms with Gasteiger partial charge in [-0.25, -0.2) is 0 Å². The zero-order chi connectivity index (χ0) is 42.6. The van der Waals surface area contributed by atoms with Crippen LogP contribution in [0.3, 0.4) is 0 Å². The zero-order valence-corrected chi connectivity index (χ0v) is 34.5. The molecule has 0 bridgehead atoms. The second-order valence-electron chi connectivity index (χ2n) is 16.0. The van der Waals surface area contributed by atoms with Crippen molar-refractivity contribution in [3.8, 4) is 73.3 Å². The molecule has 0 N–H and O–H groups in total. The fourth-order valence-corrected chi connectivity index (χ4v) is 9.36. The number of fused-ring (bicyclic) bond motifs is 6. The minimum atomic E-state index is 0.600. The largest absolute Gasteiger partial charge is 0.307 e. The summed E-state index contributed by atoms with van der Waals surface area (Å²) in [6.45, 7) is 0. The number of hydrogen-bond donors (Lipinski definition) is 0. The molecule has 0 saturated heterocycles. The summed E-state index contributed by atoms with van der Waals surface area (Å²) in [4.78, 5) is 14.5. The summed E-state index contributed by atoms with van der Waals surface area (Å²) >= 11 is 0. The fourth-order valence-electron chi connectivity index (χ4n) is 9.36. The number of aromatic nitrogens is 5. The van der Waals surface area contributed by atoms with Crippen LogP contribution in [0.5, 0.6) is 0 Å². The number of nitrogens with zero attached hydrogens (tertiary/aromatic N) is 6. The molecule has 298 valence electrons. The normalized spacial score (nSPS) is 11.4. The van der Waals surface area contributed by atoms with Gasteiger partial charge in [0.05, 0.1) is 68.9 Å². The van der Waals surface area contributed by atoms with Gasteiger partial charge in [-0.3, -0.25) is 15.0 Å². The minimum Gasteiger partial charge on any atom is -0.307 e. The van der Waals surface area contributed by atoms with Crippen LogP contribution in [0, 0.1) is 11.3 Å². The molecule has 6 nitrogen and oxygen atoms in total. The highest BCUT2D eigenvalue weighted by atomic mass is 15.0. The third kappa shape index (κ3) is 6.14. The number of nitriles is 1. The molecule has 0 fully saturated rings. The van der Waals surface area contributed by atoms with Crippen molar-refractivity contribution in [1.82, 2.24) is 24.1 Å². The van der Waals surface area contributed by atoms with Crippen molar-refractivity contribution in [3.05, 3.63) is 224 Å². The lowest BCUT2D eigenvalue weighted by Gasteiger charge is -2.20. The average Bonchev–Trinajstić information content (AvgIpc) is 3.89. The molecule has 12 aromatic rings. The maximum Gasteiger partial charge on any atom is 0.0991 e. The number of hydrogen-bond acceptors (Lipinski definition) is 4. The third-order valence-corrected chi connectivity index (χ3v) is 12.4. The number of benzene rings is 7. The number of pyridine rings is 3. The molecule has 0 unspecified atom stereocenters. The van der Waals surface area contributed by atoms with E-state index >= 15 is 0 Å². The fraction of sp³-hybridized carbons (Fsp3) is 0. The Morgan fingerprint density at radius 2 is 0.781 bits per heavy atom. The van der Waals surface area contributed by atoms with E-state index in [4.69, 9.17) is 15.0 Å². The molecule has 0 aliphatic heterocycles. The Hall–Kier alpha value is -8.92. The van der Waals surface area contributed by atoms with Gasteiger partial charge < -0.3 is 9.13 Å². The molecule has 0 aliphatic rings. The second kappa shape index (κ2) is 15.2. The van der Waals surface area contributed by atoms with Crippen LogP contribution in [-0.2, 0) is 0 Å². The summed E-state index contributed by atoms with van der Waals surface area (Å²) in [6.07, 6.45) is 7.75. The van der Waals surface area contributed by atoms with Gasteiger partial charge in [0.15, 0.2) is 0 Å². The molecule has 5 heterocycles. The Bertz CT molecular complexity index is 3560. The smallest absolute Gasteiger partial charge is 0.0991 e. The molecule has 12 rings (SSSR count). The van der Waals surface area contributed by atoms with Gasteiger partial charge in [-0.15, -0.1) is 0 Å². The molecule has 7 aromatic carbocycles. The maximum absolute atomic E-state index is 9.91. The van der Waals surface area contributed by atoms with E-state index in [0.29, 0.717) is 5.56 Å². The van der Waals surface area contributed by atoms with E-state index in [0.717, 1.165) is 111 Å². The van der Waals surface area contributed by atoms with E-state index < -0.39 is 0 Å². The van der Waals surface area contributed by atoms with E-state index in [-0.39, 0.29) is 0 Å². The lowest BCUT2D eigenvalue weighted by atomic mass is 10.0. The highest BCUT2D eigenvalue weighted by molar-refractivity contribution is 6.13. The van der Waals surface area contributed by atoms with Gasteiger partial charge in [0, 0.05) is 50.6 Å². The lowest BCUT2D eigenvalue weighted by Crippen LogP contribution is -2.05. The van der Waals surface area contributed by atoms with Crippen LogP contribution in [-0.4, -0.2) is 24.1 Å². The van der Waals surface area contributed by atoms with E-state index in [2.05, 4.69) is 161 Å². The molecular formula is C58H36N6. The topological polar surface area (TPSA) is 72.3 Å². The molecule has 0 aliphatic carbocycles. The van der Waals surface area contributed by atoms with Crippen molar-refractivity contribution < 1.29 is 0 Å². The van der Waals surface area contributed by atoms with Crippen LogP contribution in [0.25, 0.3) is 111 Å². The molecule has 0 spiro atoms. The predicted octanol–water partition coefficient (Wildman–Crippen LogP) is 14.3. The van der Waals surface area contributed by atoms with Crippen molar-refractivity contribution in [2.45, 2.75) is 0 Å². The summed E-state index contributed by atoms with van der Waals surface area (Å²) in [5, 5.41) is 14.5. The number of para-hydroxylation sites is 2. The first-order valence-electron chi connectivity index (χ1n) is 21.3. The van der Waals surface area contributed by atoms with Crippen molar-refractivity contribution in [1.29, 1.82) is 5.26 Å². The van der Waals surface area contributed by atoms with Gasteiger partial charge in [0.2, 0.25) is 0 Å². The maximum atomic E-state index is 9.91. The third-order valence-electron chi connectivity index (χ3n) is 12.4. The summed E-state index contributed by atoms with van der Waals surface area (Å²) in [5.41, 5.74) is 17.0. The standard InChI is InChI=1S/C58H36N6/c59-35-38-19-21-41(22-20-38)58-56(63-52-17-9-7-15-46(52)48-25-23-42(33-54(48)63)44-27-29-61-50(31-44)39-11-3-1-4-12-39)36-60-37-57(58)64-53-18-10-8-16-47(53)49-26-24-43(34-55(49)64)45-28-30-62-51(32-45)40-13-5-2-6-14-40/h1-34,36-37H. The Kier molecular flexibility index (Phi) is 8.77. The molecule has 64 heavy (non-hydrogen) atoms. The molecule has 0 saturated carbocycles. The van der Waals surface area contributed by atoms with Crippen LogP contribution in [0.2, 0.25) is 0 Å². The molecule has 0 radical (unpaired) electrons. The van der Waals surface area contributed by atoms with Gasteiger partial charge in [0.25, 0.3) is 0 Å². The van der Waals surface area contributed by atoms with Crippen LogP contribution >= 0.6 is 0 Å². The van der Waals surface area contributed by atoms with E-state index in [9.17, 15) is 5.26 Å². The van der Waals surface area contributed by atoms with E-state index in [1.165, 1.54) is 0 Å². The summed E-state index contributed by atoms with van der Waals surface area (Å²) in [5.74, 6) is 0. The summed E-state index contributed by atoms with van der Waals surface area (Å²) in [6, 6.07) is 70.0. The monoisotopic (exact) mass is 816 g/mol. The first-order valence-corrected chi connectivity index (χ1v) is 21.3. The molecule has 0 atom stereocenters. The highest BCUT2D eigenvalue weighted by Crippen LogP contribution is 2.43. The van der Waals surface area contributed by atoms with Crippen LogP contribution < -0.4 is 0 Å². The SMILES string of the molecule is N#Cc1ccc(-c2c(-n3c4ccccc4c4ccc(-c5ccnc(-c6ccccc6)c5)cc43)cncc2-n2c3ccccc3c3ccc(-c4ccnc(-c5ccccc5)c4)cc32)cc1. The van der Waals surface area contributed by atoms with Crippen LogP contribution in [0.1, 0.15) is 5.56 Å². The molecule has 5 aromatic heterocycles. The minimum absolute atomic E-state index is 0.600. The number of rotatable bonds is 7. The van der Waals surface area contributed by atoms with Crippen LogP contribution in [0.4, 0.5) is 0 Å². The van der Waals surface area contributed by atoms with Crippen LogP contribution in [0.15, 0.2) is 219 Å². The lowest BCUT2D eigenvalue weighted by molar-refractivity contribution is 1.09. The van der Waals surface area contributed by atoms with Crippen molar-refractivity contribution in [2.24, 2.45) is 0 Å². The van der Waals surface area contributed by atoms with Gasteiger partial charge >= 0.3 is 0 Å². The highest BCUT2D eigenvalue weighted by Gasteiger charge is 2.23. The Labute approximate surface area is 369 Å². The Morgan fingerprint density at radius 3 is 1.27 bits per heavy atom. The Balaban J connectivity index is 1.12. The van der Waals surface area contributed by atoms with Gasteiger partial charge in [-0.05, 0) is 88.5 Å². The van der Waals surface area contributed by atoms with Crippen molar-refractivity contribution in [3.63, 3.8) is 0 Å². The van der Waals surface area contributed by atoms with E-state index in [1.54, 1.807) is 0 Å². The molecule has 0 amide bonds. The van der Waals surface area contributed by atoms with Gasteiger partial charge in [0.1, 0.15) is 0 Å². The molecular weight excluding hydrogens is 781 g/mol. The molecule has 6 heteroatoms. The van der Waals surface area contributed by atoms with E-state index in [1.807, 2.05) is 73.3 Å². The summed E-state index contributed by atoms with van der Waals surface area (Å²) < 4.78 is 4.72. The first-order chi connectivity index (χ1) is 31.7. The zero-order valence-electron chi connectivity index (χ0n) is 34.5. The predicted molar refractivity (Wildman–Crippen MR) is 260 cm³/mol. The van der Waals surface area contributed by atoms with Crippen molar-refractivity contribution >= 4 is 43.6 Å². The first kappa shape index (κ1) is 36.9. The van der Waals surface area contributed by atoms with Crippen molar-refractivity contribution in [2.75, 3.05) is 0 Å². The van der Waals surface area contributed by atoms with Gasteiger partial charge in [-0.1, -0.05) is 133 Å². The quantitative estimate of drug-likeness (QED) is 0.161. The second-order valence-corrected chi connectivity index (χ2v) is 16.0. The van der Waals surface area contributed by atoms with Gasteiger partial charge in [-0.2, -0.15) is 5.26 Å². The Morgan fingerprint density at radius 1 is 0.359 bits per heavy atom.